The fourth-order valence-electron chi connectivity index (χ4n) is 4.97. The molecule has 202 valence electrons. The molecule has 5 aromatic rings. The van der Waals surface area contributed by atoms with Gasteiger partial charge in [0.1, 0.15) is 0 Å². The van der Waals surface area contributed by atoms with Crippen LogP contribution in [0.3, 0.4) is 0 Å². The van der Waals surface area contributed by atoms with Crippen LogP contribution in [0.1, 0.15) is 65.1 Å². The van der Waals surface area contributed by atoms with Crippen LogP contribution >= 0.6 is 11.3 Å². The number of aryl methyl sites for hydroxylation is 2. The summed E-state index contributed by atoms with van der Waals surface area (Å²) in [6.07, 6.45) is -3.38. The SMILES string of the molecule is [2H]C([2H])([2H])c1cnc(-c2cc(C(C)(C)C)c3ccccc3c2)c2sc(-c3ccc(CC(C)(C)C(F)(F)F)cc3)c(C([2H])([2H])[2H])c12. The first kappa shape index (κ1) is 20.7. The van der Waals surface area contributed by atoms with Crippen LogP contribution in [-0.4, -0.2) is 11.2 Å². The monoisotopic (exact) mass is 551 g/mol. The van der Waals surface area contributed by atoms with Crippen molar-refractivity contribution in [2.24, 2.45) is 5.41 Å². The van der Waals surface area contributed by atoms with E-state index in [1.165, 1.54) is 6.20 Å². The van der Waals surface area contributed by atoms with Gasteiger partial charge < -0.3 is 0 Å². The summed E-state index contributed by atoms with van der Waals surface area (Å²) in [5, 5.41) is 2.17. The van der Waals surface area contributed by atoms with Crippen LogP contribution in [-0.2, 0) is 11.8 Å². The van der Waals surface area contributed by atoms with Gasteiger partial charge in [-0.15, -0.1) is 11.3 Å². The lowest BCUT2D eigenvalue weighted by atomic mass is 9.82. The lowest BCUT2D eigenvalue weighted by molar-refractivity contribution is -0.211. The zero-order valence-corrected chi connectivity index (χ0v) is 23.4. The second-order valence-corrected chi connectivity index (χ2v) is 12.8. The molecule has 5 heteroatoms. The maximum absolute atomic E-state index is 13.5. The van der Waals surface area contributed by atoms with Crippen molar-refractivity contribution < 1.29 is 21.4 Å². The van der Waals surface area contributed by atoms with E-state index in [0.29, 0.717) is 26.4 Å². The van der Waals surface area contributed by atoms with E-state index >= 15 is 0 Å². The Labute approximate surface area is 241 Å². The van der Waals surface area contributed by atoms with Crippen LogP contribution in [0.5, 0.6) is 0 Å². The highest BCUT2D eigenvalue weighted by Gasteiger charge is 2.46. The third-order valence-corrected chi connectivity index (χ3v) is 8.53. The quantitative estimate of drug-likeness (QED) is 0.216. The number of alkyl halides is 3. The van der Waals surface area contributed by atoms with Gasteiger partial charge in [-0.3, -0.25) is 4.98 Å². The molecule has 5 rings (SSSR count). The van der Waals surface area contributed by atoms with E-state index in [2.05, 4.69) is 31.8 Å². The van der Waals surface area contributed by atoms with Crippen molar-refractivity contribution in [1.82, 2.24) is 4.98 Å². The molecule has 0 bridgehead atoms. The minimum absolute atomic E-state index is 0.0996. The van der Waals surface area contributed by atoms with Gasteiger partial charge >= 0.3 is 6.18 Å². The molecular weight excluding hydrogens is 511 g/mol. The zero-order chi connectivity index (χ0) is 33.3. The first-order valence-corrected chi connectivity index (χ1v) is 13.6. The number of benzene rings is 3. The first-order valence-electron chi connectivity index (χ1n) is 15.8. The van der Waals surface area contributed by atoms with Gasteiger partial charge in [-0.25, -0.2) is 0 Å². The van der Waals surface area contributed by atoms with Crippen LogP contribution in [0, 0.1) is 19.1 Å². The van der Waals surface area contributed by atoms with Crippen LogP contribution < -0.4 is 0 Å². The molecule has 0 aliphatic heterocycles. The highest BCUT2D eigenvalue weighted by molar-refractivity contribution is 7.23. The predicted octanol–water partition coefficient (Wildman–Crippen LogP) is 10.8. The molecule has 0 unspecified atom stereocenters. The highest BCUT2D eigenvalue weighted by Crippen LogP contribution is 2.45. The standard InChI is InChI=1S/C34H34F3NS/c1-20-19-38-29(25-16-24-10-8-9-11-26(24)27(17-25)32(3,4)5)31-28(20)21(2)30(39-31)23-14-12-22(13-15-23)18-33(6,7)34(35,36)37/h8-17,19H,18H2,1-7H3/i1D3,2D3. The molecule has 0 N–H and O–H groups in total. The van der Waals surface area contributed by atoms with Crippen molar-refractivity contribution in [3.05, 3.63) is 89.1 Å². The molecule has 0 atom stereocenters. The van der Waals surface area contributed by atoms with E-state index in [1.54, 1.807) is 24.3 Å². The fourth-order valence-corrected chi connectivity index (χ4v) is 6.21. The molecule has 0 radical (unpaired) electrons. The number of hydrogen-bond donors (Lipinski definition) is 0. The Balaban J connectivity index is 1.79. The Kier molecular flexibility index (Phi) is 5.03. The number of rotatable bonds is 4. The topological polar surface area (TPSA) is 12.9 Å². The number of fused-ring (bicyclic) bond motifs is 2. The number of nitrogens with zero attached hydrogens (tertiary/aromatic N) is 1. The van der Waals surface area contributed by atoms with E-state index < -0.39 is 25.3 Å². The highest BCUT2D eigenvalue weighted by atomic mass is 32.1. The third-order valence-electron chi connectivity index (χ3n) is 7.29. The Hall–Kier alpha value is -3.18. The molecule has 1 nitrogen and oxygen atoms in total. The Morgan fingerprint density at radius 2 is 1.59 bits per heavy atom. The van der Waals surface area contributed by atoms with Crippen LogP contribution in [0.2, 0.25) is 0 Å². The minimum atomic E-state index is -4.39. The molecule has 0 aliphatic carbocycles. The summed E-state index contributed by atoms with van der Waals surface area (Å²) in [7, 11) is 0. The average molecular weight is 552 g/mol. The molecule has 0 spiro atoms. The number of aromatic nitrogens is 1. The predicted molar refractivity (Wildman–Crippen MR) is 160 cm³/mol. The molecule has 3 aromatic carbocycles. The van der Waals surface area contributed by atoms with Gasteiger partial charge in [-0.05, 0) is 76.3 Å². The molecule has 0 aliphatic rings. The number of hydrogen-bond acceptors (Lipinski definition) is 2. The number of thiophene rings is 1. The summed E-state index contributed by atoms with van der Waals surface area (Å²) >= 11 is 1.15. The van der Waals surface area contributed by atoms with Gasteiger partial charge in [0.15, 0.2) is 0 Å². The van der Waals surface area contributed by atoms with Crippen LogP contribution in [0.15, 0.2) is 66.9 Å². The van der Waals surface area contributed by atoms with Crippen LogP contribution in [0.25, 0.3) is 42.6 Å². The van der Waals surface area contributed by atoms with E-state index in [9.17, 15) is 13.2 Å². The van der Waals surface area contributed by atoms with Gasteiger partial charge in [0, 0.05) is 30.2 Å². The molecule has 0 saturated carbocycles. The first-order chi connectivity index (χ1) is 20.6. The molecule has 0 amide bonds. The summed E-state index contributed by atoms with van der Waals surface area (Å²) in [5.41, 5.74) is 0.761. The fraction of sp³-hybridized carbons (Fsp3) is 0.324. The van der Waals surface area contributed by atoms with E-state index in [4.69, 9.17) is 8.22 Å². The molecule has 39 heavy (non-hydrogen) atoms. The smallest absolute Gasteiger partial charge is 0.254 e. The molecule has 0 fully saturated rings. The van der Waals surface area contributed by atoms with Gasteiger partial charge in [0.25, 0.3) is 0 Å². The second kappa shape index (κ2) is 9.48. The average Bonchev–Trinajstić information content (AvgIpc) is 3.31. The zero-order valence-electron chi connectivity index (χ0n) is 28.5. The number of halogens is 3. The van der Waals surface area contributed by atoms with Crippen LogP contribution in [0.4, 0.5) is 13.2 Å². The number of pyridine rings is 1. The van der Waals surface area contributed by atoms with Crippen molar-refractivity contribution in [1.29, 1.82) is 0 Å². The minimum Gasteiger partial charge on any atom is -0.254 e. The Bertz CT molecular complexity index is 1890. The van der Waals surface area contributed by atoms with Gasteiger partial charge in [0.05, 0.1) is 15.8 Å². The van der Waals surface area contributed by atoms with E-state index in [0.717, 1.165) is 47.1 Å². The Morgan fingerprint density at radius 1 is 0.872 bits per heavy atom. The van der Waals surface area contributed by atoms with Gasteiger partial charge in [-0.1, -0.05) is 83.1 Å². The summed E-state index contributed by atoms with van der Waals surface area (Å²) < 4.78 is 91.3. The van der Waals surface area contributed by atoms with Crippen molar-refractivity contribution in [3.63, 3.8) is 0 Å². The molecular formula is C34H34F3NS. The molecule has 2 aromatic heterocycles. The summed E-state index contributed by atoms with van der Waals surface area (Å²) in [6.45, 7) is 3.27. The van der Waals surface area contributed by atoms with E-state index in [-0.39, 0.29) is 28.3 Å². The maximum Gasteiger partial charge on any atom is 0.394 e. The normalized spacial score (nSPS) is 15.9. The van der Waals surface area contributed by atoms with Gasteiger partial charge in [0.2, 0.25) is 0 Å². The third kappa shape index (κ3) is 4.98. The Morgan fingerprint density at radius 3 is 2.23 bits per heavy atom. The van der Waals surface area contributed by atoms with Crippen molar-refractivity contribution in [3.8, 4) is 21.7 Å². The maximum atomic E-state index is 13.5. The van der Waals surface area contributed by atoms with Crippen molar-refractivity contribution in [2.45, 2.75) is 66.3 Å². The largest absolute Gasteiger partial charge is 0.394 e. The van der Waals surface area contributed by atoms with E-state index in [1.807, 2.05) is 30.3 Å². The summed E-state index contributed by atoms with van der Waals surface area (Å²) in [6, 6.07) is 18.3. The lowest BCUT2D eigenvalue weighted by Gasteiger charge is -2.27. The van der Waals surface area contributed by atoms with Crippen molar-refractivity contribution >= 4 is 32.2 Å². The van der Waals surface area contributed by atoms with Gasteiger partial charge in [-0.2, -0.15) is 13.2 Å². The lowest BCUT2D eigenvalue weighted by Crippen LogP contribution is -2.34. The summed E-state index contributed by atoms with van der Waals surface area (Å²) in [4.78, 5) is 4.98. The molecule has 2 heterocycles. The van der Waals surface area contributed by atoms with Crippen molar-refractivity contribution in [2.75, 3.05) is 0 Å². The summed E-state index contributed by atoms with van der Waals surface area (Å²) in [5.74, 6) is 0. The molecule has 0 saturated heterocycles. The second-order valence-electron chi connectivity index (χ2n) is 11.8.